The van der Waals surface area contributed by atoms with Gasteiger partial charge in [-0.25, -0.2) is 0 Å². The van der Waals surface area contributed by atoms with Gasteiger partial charge in [0.25, 0.3) is 0 Å². The van der Waals surface area contributed by atoms with Crippen molar-refractivity contribution in [3.63, 3.8) is 0 Å². The van der Waals surface area contributed by atoms with Crippen molar-refractivity contribution in [3.8, 4) is 0 Å². The van der Waals surface area contributed by atoms with E-state index in [2.05, 4.69) is 10.3 Å². The topological polar surface area (TPSA) is 77.2 Å². The number of carbonyl (C=O) groups excluding carboxylic acids is 1. The quantitative estimate of drug-likeness (QED) is 0.876. The Morgan fingerprint density at radius 3 is 2.57 bits per heavy atom. The zero-order chi connectivity index (χ0) is 13.7. The molecule has 5 nitrogen and oxygen atoms in total. The number of hydrogen-bond acceptors (Lipinski definition) is 4. The van der Waals surface area contributed by atoms with Gasteiger partial charge in [-0.2, -0.15) is 0 Å². The van der Waals surface area contributed by atoms with Crippen LogP contribution in [0.4, 0.5) is 0 Å². The van der Waals surface area contributed by atoms with Gasteiger partial charge in [-0.1, -0.05) is 6.07 Å². The minimum absolute atomic E-state index is 0. The zero-order valence-corrected chi connectivity index (χ0v) is 13.8. The van der Waals surface area contributed by atoms with Gasteiger partial charge in [0.15, 0.2) is 0 Å². The van der Waals surface area contributed by atoms with Gasteiger partial charge in [0.05, 0.1) is 5.41 Å². The molecule has 0 saturated carbocycles. The Kier molecular flexibility index (Phi) is 8.82. The van der Waals surface area contributed by atoms with Crippen molar-refractivity contribution in [2.45, 2.75) is 26.3 Å². The molecule has 21 heavy (non-hydrogen) atoms. The number of rotatable bonds is 4. The van der Waals surface area contributed by atoms with Crippen molar-refractivity contribution < 1.29 is 9.53 Å². The molecule has 2 heterocycles. The van der Waals surface area contributed by atoms with Gasteiger partial charge in [-0.05, 0) is 31.4 Å². The number of ether oxygens (including phenoxy) is 1. The van der Waals surface area contributed by atoms with Crippen LogP contribution in [0.2, 0.25) is 0 Å². The minimum Gasteiger partial charge on any atom is -0.381 e. The smallest absolute Gasteiger partial charge is 0.227 e. The number of aromatic nitrogens is 1. The van der Waals surface area contributed by atoms with Gasteiger partial charge in [-0.3, -0.25) is 9.78 Å². The maximum atomic E-state index is 12.3. The lowest BCUT2D eigenvalue weighted by molar-refractivity contribution is -0.136. The molecule has 0 aliphatic carbocycles. The summed E-state index contributed by atoms with van der Waals surface area (Å²) >= 11 is 0. The summed E-state index contributed by atoms with van der Waals surface area (Å²) in [6.07, 6.45) is 3.18. The lowest BCUT2D eigenvalue weighted by atomic mass is 9.79. The SMILES string of the molecule is Cc1ccc(CNC(=O)C2(CN)CCOCC2)cn1.Cl.Cl. The lowest BCUT2D eigenvalue weighted by Crippen LogP contribution is -2.48. The van der Waals surface area contributed by atoms with Crippen LogP contribution in [0.1, 0.15) is 24.1 Å². The van der Waals surface area contributed by atoms with E-state index in [0.717, 1.165) is 11.3 Å². The summed E-state index contributed by atoms with van der Waals surface area (Å²) in [6, 6.07) is 3.91. The maximum Gasteiger partial charge on any atom is 0.227 e. The van der Waals surface area contributed by atoms with Crippen LogP contribution in [0.25, 0.3) is 0 Å². The summed E-state index contributed by atoms with van der Waals surface area (Å²) in [5.74, 6) is 0.0267. The van der Waals surface area contributed by atoms with E-state index < -0.39 is 5.41 Å². The van der Waals surface area contributed by atoms with Crippen molar-refractivity contribution in [3.05, 3.63) is 29.6 Å². The summed E-state index contributed by atoms with van der Waals surface area (Å²) in [5.41, 5.74) is 7.31. The molecule has 1 aliphatic heterocycles. The zero-order valence-electron chi connectivity index (χ0n) is 12.1. The van der Waals surface area contributed by atoms with E-state index in [9.17, 15) is 4.79 Å². The van der Waals surface area contributed by atoms with Crippen LogP contribution in [0.15, 0.2) is 18.3 Å². The largest absolute Gasteiger partial charge is 0.381 e. The summed E-state index contributed by atoms with van der Waals surface area (Å²) in [7, 11) is 0. The third-order valence-corrected chi connectivity index (χ3v) is 3.75. The Hall–Kier alpha value is -0.880. The highest BCUT2D eigenvalue weighted by Crippen LogP contribution is 2.29. The van der Waals surface area contributed by atoms with E-state index in [0.29, 0.717) is 39.1 Å². The molecule has 1 aromatic heterocycles. The van der Waals surface area contributed by atoms with Crippen LogP contribution in [-0.2, 0) is 16.1 Å². The Morgan fingerprint density at radius 1 is 1.38 bits per heavy atom. The first-order valence-corrected chi connectivity index (χ1v) is 6.64. The van der Waals surface area contributed by atoms with Crippen molar-refractivity contribution in [1.82, 2.24) is 10.3 Å². The number of carbonyl (C=O) groups is 1. The Labute approximate surface area is 137 Å². The van der Waals surface area contributed by atoms with Gasteiger partial charge >= 0.3 is 0 Å². The van der Waals surface area contributed by atoms with Crippen LogP contribution >= 0.6 is 24.8 Å². The number of nitrogens with zero attached hydrogens (tertiary/aromatic N) is 1. The lowest BCUT2D eigenvalue weighted by Gasteiger charge is -2.34. The van der Waals surface area contributed by atoms with Crippen molar-refractivity contribution in [2.24, 2.45) is 11.1 Å². The molecule has 1 amide bonds. The van der Waals surface area contributed by atoms with Gasteiger partial charge < -0.3 is 15.8 Å². The summed E-state index contributed by atoms with van der Waals surface area (Å²) in [6.45, 7) is 4.02. The summed E-state index contributed by atoms with van der Waals surface area (Å²) in [4.78, 5) is 16.5. The van der Waals surface area contributed by atoms with Gasteiger partial charge in [0, 0.05) is 38.2 Å². The number of amides is 1. The standard InChI is InChI=1S/C14H21N3O2.2ClH/c1-11-2-3-12(8-16-11)9-17-13(18)14(10-15)4-6-19-7-5-14;;/h2-3,8H,4-7,9-10,15H2,1H3,(H,17,18);2*1H. The fourth-order valence-electron chi connectivity index (χ4n) is 2.26. The summed E-state index contributed by atoms with van der Waals surface area (Å²) in [5, 5.41) is 2.97. The molecule has 0 bridgehead atoms. The average Bonchev–Trinajstić information content (AvgIpc) is 2.47. The molecule has 1 fully saturated rings. The Morgan fingerprint density at radius 2 is 2.05 bits per heavy atom. The molecular weight excluding hydrogens is 313 g/mol. The second-order valence-electron chi connectivity index (χ2n) is 5.09. The van der Waals surface area contributed by atoms with E-state index in [-0.39, 0.29) is 30.7 Å². The number of pyridine rings is 1. The number of aryl methyl sites for hydroxylation is 1. The predicted octanol–water partition coefficient (Wildman–Crippen LogP) is 1.61. The van der Waals surface area contributed by atoms with Crippen LogP contribution in [0.3, 0.4) is 0 Å². The first-order valence-electron chi connectivity index (χ1n) is 6.64. The molecular formula is C14H23Cl2N3O2. The van der Waals surface area contributed by atoms with Crippen molar-refractivity contribution in [1.29, 1.82) is 0 Å². The molecule has 1 aliphatic rings. The molecule has 0 atom stereocenters. The van der Waals surface area contributed by atoms with E-state index in [4.69, 9.17) is 10.5 Å². The predicted molar refractivity (Wildman–Crippen MR) is 86.9 cm³/mol. The molecule has 1 saturated heterocycles. The molecule has 0 spiro atoms. The van der Waals surface area contributed by atoms with E-state index in [1.54, 1.807) is 6.20 Å². The van der Waals surface area contributed by atoms with Crippen LogP contribution in [-0.4, -0.2) is 30.6 Å². The highest BCUT2D eigenvalue weighted by atomic mass is 35.5. The molecule has 3 N–H and O–H groups in total. The second-order valence-corrected chi connectivity index (χ2v) is 5.09. The summed E-state index contributed by atoms with van der Waals surface area (Å²) < 4.78 is 5.31. The second kappa shape index (κ2) is 9.20. The third-order valence-electron chi connectivity index (χ3n) is 3.75. The van der Waals surface area contributed by atoms with E-state index in [1.165, 1.54) is 0 Å². The fraction of sp³-hybridized carbons (Fsp3) is 0.571. The Balaban J connectivity index is 0.00000200. The van der Waals surface area contributed by atoms with Gasteiger partial charge in [0.1, 0.15) is 0 Å². The van der Waals surface area contributed by atoms with E-state index >= 15 is 0 Å². The fourth-order valence-corrected chi connectivity index (χ4v) is 2.26. The van der Waals surface area contributed by atoms with Crippen molar-refractivity contribution >= 4 is 30.7 Å². The Bertz CT molecular complexity index is 434. The highest BCUT2D eigenvalue weighted by Gasteiger charge is 2.38. The monoisotopic (exact) mass is 335 g/mol. The van der Waals surface area contributed by atoms with Crippen LogP contribution in [0, 0.1) is 12.3 Å². The molecule has 1 aromatic rings. The first kappa shape index (κ1) is 20.1. The van der Waals surface area contributed by atoms with Gasteiger partial charge in [-0.15, -0.1) is 24.8 Å². The number of halogens is 2. The minimum atomic E-state index is -0.462. The molecule has 0 radical (unpaired) electrons. The van der Waals surface area contributed by atoms with E-state index in [1.807, 2.05) is 19.1 Å². The number of nitrogens with two attached hydrogens (primary N) is 1. The van der Waals surface area contributed by atoms with Crippen LogP contribution in [0.5, 0.6) is 0 Å². The highest BCUT2D eigenvalue weighted by molar-refractivity contribution is 5.85. The molecule has 2 rings (SSSR count). The molecule has 7 heteroatoms. The third kappa shape index (κ3) is 5.11. The average molecular weight is 336 g/mol. The number of nitrogens with one attached hydrogen (secondary N) is 1. The molecule has 120 valence electrons. The first-order chi connectivity index (χ1) is 9.16. The normalized spacial score (nSPS) is 16.3. The number of hydrogen-bond donors (Lipinski definition) is 2. The molecule has 0 aromatic carbocycles. The maximum absolute atomic E-state index is 12.3. The van der Waals surface area contributed by atoms with Crippen molar-refractivity contribution in [2.75, 3.05) is 19.8 Å². The molecule has 0 unspecified atom stereocenters. The van der Waals surface area contributed by atoms with Gasteiger partial charge in [0.2, 0.25) is 5.91 Å². The van der Waals surface area contributed by atoms with Crippen LogP contribution < -0.4 is 11.1 Å².